The molecule has 5 nitrogen and oxygen atoms in total. The SMILES string of the molecule is COc1ccc([C@H](CNC(=O)c2ccc(C3SCCS3)cc2)N2CCOCC2)cc1. The van der Waals surface area contributed by atoms with Crippen LogP contribution in [0.5, 0.6) is 5.75 Å². The number of nitrogens with one attached hydrogen (secondary N) is 1. The summed E-state index contributed by atoms with van der Waals surface area (Å²) >= 11 is 3.96. The van der Waals surface area contributed by atoms with Gasteiger partial charge in [0.05, 0.1) is 30.9 Å². The molecule has 0 spiro atoms. The highest BCUT2D eigenvalue weighted by Gasteiger charge is 2.24. The van der Waals surface area contributed by atoms with E-state index in [0.29, 0.717) is 16.7 Å². The predicted octanol–water partition coefficient (Wildman–Crippen LogP) is 3.98. The lowest BCUT2D eigenvalue weighted by atomic mass is 10.0. The Morgan fingerprint density at radius 3 is 2.40 bits per heavy atom. The maximum absolute atomic E-state index is 12.8. The summed E-state index contributed by atoms with van der Waals surface area (Å²) in [6.45, 7) is 3.72. The largest absolute Gasteiger partial charge is 0.497 e. The molecule has 0 unspecified atom stereocenters. The summed E-state index contributed by atoms with van der Waals surface area (Å²) in [5, 5.41) is 3.15. The van der Waals surface area contributed by atoms with E-state index in [0.717, 1.165) is 32.1 Å². The second-order valence-corrected chi connectivity index (χ2v) is 10.1. The van der Waals surface area contributed by atoms with Crippen LogP contribution in [0.2, 0.25) is 0 Å². The molecule has 1 atom stereocenters. The molecule has 4 rings (SSSR count). The standard InChI is InChI=1S/C23H28N2O3S2/c1-27-20-8-6-17(7-9-20)21(25-10-12-28-13-11-25)16-24-22(26)18-2-4-19(5-3-18)23-29-14-15-30-23/h2-9,21,23H,10-16H2,1H3,(H,24,26)/t21-/m0/s1. The maximum Gasteiger partial charge on any atom is 0.251 e. The molecule has 0 bridgehead atoms. The molecule has 0 saturated carbocycles. The number of ether oxygens (including phenoxy) is 2. The number of nitrogens with zero attached hydrogens (tertiary/aromatic N) is 1. The van der Waals surface area contributed by atoms with E-state index >= 15 is 0 Å². The number of carbonyl (C=O) groups is 1. The van der Waals surface area contributed by atoms with Crippen molar-refractivity contribution in [2.24, 2.45) is 0 Å². The van der Waals surface area contributed by atoms with Crippen LogP contribution in [0.25, 0.3) is 0 Å². The number of methoxy groups -OCH3 is 1. The second-order valence-electron chi connectivity index (χ2n) is 7.34. The van der Waals surface area contributed by atoms with Crippen LogP contribution in [0, 0.1) is 0 Å². The van der Waals surface area contributed by atoms with Crippen LogP contribution >= 0.6 is 23.5 Å². The van der Waals surface area contributed by atoms with Crippen LogP contribution in [0.1, 0.15) is 32.1 Å². The van der Waals surface area contributed by atoms with Crippen molar-refractivity contribution >= 4 is 29.4 Å². The van der Waals surface area contributed by atoms with Gasteiger partial charge in [0.15, 0.2) is 0 Å². The molecule has 2 aromatic rings. The first-order valence-electron chi connectivity index (χ1n) is 10.3. The third-order valence-corrected chi connectivity index (χ3v) is 8.61. The lowest BCUT2D eigenvalue weighted by Crippen LogP contribution is -2.43. The minimum absolute atomic E-state index is 0.0277. The highest BCUT2D eigenvalue weighted by Crippen LogP contribution is 2.45. The molecule has 2 saturated heterocycles. The van der Waals surface area contributed by atoms with Crippen molar-refractivity contribution in [3.05, 3.63) is 65.2 Å². The third kappa shape index (κ3) is 5.32. The molecule has 2 fully saturated rings. The van der Waals surface area contributed by atoms with Crippen molar-refractivity contribution in [2.45, 2.75) is 10.6 Å². The smallest absolute Gasteiger partial charge is 0.251 e. The number of benzene rings is 2. The fourth-order valence-electron chi connectivity index (χ4n) is 3.81. The van der Waals surface area contributed by atoms with Crippen molar-refractivity contribution in [1.82, 2.24) is 10.2 Å². The summed E-state index contributed by atoms with van der Waals surface area (Å²) in [7, 11) is 1.67. The number of hydrogen-bond acceptors (Lipinski definition) is 6. The van der Waals surface area contributed by atoms with Gasteiger partial charge in [-0.3, -0.25) is 9.69 Å². The first-order valence-corrected chi connectivity index (χ1v) is 12.4. The molecular weight excluding hydrogens is 416 g/mol. The molecule has 160 valence electrons. The second kappa shape index (κ2) is 10.6. The van der Waals surface area contributed by atoms with Crippen LogP contribution in [0.15, 0.2) is 48.5 Å². The van der Waals surface area contributed by atoms with E-state index in [1.807, 2.05) is 47.8 Å². The molecule has 2 aliphatic rings. The van der Waals surface area contributed by atoms with E-state index in [1.165, 1.54) is 22.6 Å². The van der Waals surface area contributed by atoms with Gasteiger partial charge < -0.3 is 14.8 Å². The monoisotopic (exact) mass is 444 g/mol. The van der Waals surface area contributed by atoms with Crippen molar-refractivity contribution < 1.29 is 14.3 Å². The zero-order valence-corrected chi connectivity index (χ0v) is 18.8. The first kappa shape index (κ1) is 21.6. The molecular formula is C23H28N2O3S2. The average Bonchev–Trinajstić information content (AvgIpc) is 3.35. The van der Waals surface area contributed by atoms with Crippen molar-refractivity contribution in [3.63, 3.8) is 0 Å². The zero-order chi connectivity index (χ0) is 20.8. The summed E-state index contributed by atoms with van der Waals surface area (Å²) in [6, 6.07) is 16.3. The van der Waals surface area contributed by atoms with Crippen molar-refractivity contribution in [1.29, 1.82) is 0 Å². The number of morpholine rings is 1. The van der Waals surface area contributed by atoms with Crippen LogP contribution in [-0.2, 0) is 4.74 Å². The molecule has 2 aromatic carbocycles. The average molecular weight is 445 g/mol. The van der Waals surface area contributed by atoms with E-state index in [2.05, 4.69) is 34.5 Å². The Hall–Kier alpha value is -1.67. The van der Waals surface area contributed by atoms with Gasteiger partial charge in [0.2, 0.25) is 0 Å². The van der Waals surface area contributed by atoms with Gasteiger partial charge in [-0.25, -0.2) is 0 Å². The molecule has 1 amide bonds. The molecule has 2 aliphatic heterocycles. The Balaban J connectivity index is 1.42. The predicted molar refractivity (Wildman–Crippen MR) is 125 cm³/mol. The minimum Gasteiger partial charge on any atom is -0.497 e. The molecule has 0 aliphatic carbocycles. The minimum atomic E-state index is -0.0277. The Morgan fingerprint density at radius 1 is 1.10 bits per heavy atom. The number of rotatable bonds is 7. The van der Waals surface area contributed by atoms with Gasteiger partial charge in [0.25, 0.3) is 5.91 Å². The van der Waals surface area contributed by atoms with Gasteiger partial charge in [-0.1, -0.05) is 24.3 Å². The van der Waals surface area contributed by atoms with E-state index in [4.69, 9.17) is 9.47 Å². The summed E-state index contributed by atoms with van der Waals surface area (Å²) in [6.07, 6.45) is 0. The topological polar surface area (TPSA) is 50.8 Å². The van der Waals surface area contributed by atoms with Gasteiger partial charge in [-0.2, -0.15) is 0 Å². The fraction of sp³-hybridized carbons (Fsp3) is 0.435. The Labute approximate surface area is 186 Å². The number of thioether (sulfide) groups is 2. The van der Waals surface area contributed by atoms with E-state index in [1.54, 1.807) is 7.11 Å². The Kier molecular flexibility index (Phi) is 7.60. The van der Waals surface area contributed by atoms with E-state index < -0.39 is 0 Å². The number of carbonyl (C=O) groups excluding carboxylic acids is 1. The summed E-state index contributed by atoms with van der Waals surface area (Å²) in [4.78, 5) is 15.2. The van der Waals surface area contributed by atoms with Crippen LogP contribution in [0.4, 0.5) is 0 Å². The van der Waals surface area contributed by atoms with Crippen molar-refractivity contribution in [3.8, 4) is 5.75 Å². The molecule has 1 N–H and O–H groups in total. The Morgan fingerprint density at radius 2 is 1.77 bits per heavy atom. The molecule has 7 heteroatoms. The number of amides is 1. The van der Waals surface area contributed by atoms with Gasteiger partial charge in [-0.05, 0) is 35.4 Å². The van der Waals surface area contributed by atoms with Crippen LogP contribution < -0.4 is 10.1 Å². The molecule has 30 heavy (non-hydrogen) atoms. The van der Waals surface area contributed by atoms with Gasteiger partial charge in [-0.15, -0.1) is 23.5 Å². The summed E-state index contributed by atoms with van der Waals surface area (Å²) < 4.78 is 11.3. The fourth-order valence-corrected chi connectivity index (χ4v) is 6.67. The normalized spacial score (nSPS) is 18.8. The van der Waals surface area contributed by atoms with Crippen LogP contribution in [-0.4, -0.2) is 62.3 Å². The van der Waals surface area contributed by atoms with Gasteiger partial charge in [0, 0.05) is 36.7 Å². The Bertz CT molecular complexity index is 817. The summed E-state index contributed by atoms with van der Waals surface area (Å²) in [5.74, 6) is 3.21. The van der Waals surface area contributed by atoms with Crippen molar-refractivity contribution in [2.75, 3.05) is 51.5 Å². The van der Waals surface area contributed by atoms with Gasteiger partial charge in [0.1, 0.15) is 5.75 Å². The van der Waals surface area contributed by atoms with Crippen LogP contribution in [0.3, 0.4) is 0 Å². The third-order valence-electron chi connectivity index (χ3n) is 5.51. The molecule has 2 heterocycles. The maximum atomic E-state index is 12.8. The quantitative estimate of drug-likeness (QED) is 0.697. The van der Waals surface area contributed by atoms with Gasteiger partial charge >= 0.3 is 0 Å². The molecule has 0 aromatic heterocycles. The molecule has 0 radical (unpaired) electrons. The van der Waals surface area contributed by atoms with E-state index in [9.17, 15) is 4.79 Å². The first-order chi connectivity index (χ1) is 14.7. The highest BCUT2D eigenvalue weighted by atomic mass is 32.2. The van der Waals surface area contributed by atoms with E-state index in [-0.39, 0.29) is 11.9 Å². The zero-order valence-electron chi connectivity index (χ0n) is 17.2. The lowest BCUT2D eigenvalue weighted by Gasteiger charge is -2.35. The number of hydrogen-bond donors (Lipinski definition) is 1. The summed E-state index contributed by atoms with van der Waals surface area (Å²) in [5.41, 5.74) is 3.18. The highest BCUT2D eigenvalue weighted by molar-refractivity contribution is 8.19. The lowest BCUT2D eigenvalue weighted by molar-refractivity contribution is 0.0162.